The largest absolute Gasteiger partial charge is 0.464 e. The molecule has 19 heavy (non-hydrogen) atoms. The Balaban J connectivity index is 2.90. The lowest BCUT2D eigenvalue weighted by molar-refractivity contribution is 0.0592. The zero-order chi connectivity index (χ0) is 14.3. The first-order valence-electron chi connectivity index (χ1n) is 6.63. The van der Waals surface area contributed by atoms with E-state index in [4.69, 9.17) is 9.47 Å². The molecule has 0 aliphatic heterocycles. The van der Waals surface area contributed by atoms with Crippen molar-refractivity contribution in [2.45, 2.75) is 39.7 Å². The number of hydrogen-bond donors (Lipinski definition) is 0. The van der Waals surface area contributed by atoms with E-state index in [1.807, 2.05) is 0 Å². The van der Waals surface area contributed by atoms with Crippen LogP contribution in [0.1, 0.15) is 42.9 Å². The van der Waals surface area contributed by atoms with Gasteiger partial charge in [0.1, 0.15) is 0 Å². The third-order valence-electron chi connectivity index (χ3n) is 3.03. The molecule has 0 spiro atoms. The van der Waals surface area contributed by atoms with Crippen LogP contribution in [0.2, 0.25) is 0 Å². The summed E-state index contributed by atoms with van der Waals surface area (Å²) in [5, 5.41) is 8.01. The second-order valence-electron chi connectivity index (χ2n) is 4.70. The monoisotopic (exact) mass is 269 g/mol. The summed E-state index contributed by atoms with van der Waals surface area (Å²) in [6, 6.07) is 0. The van der Waals surface area contributed by atoms with Crippen LogP contribution < -0.4 is 0 Å². The van der Waals surface area contributed by atoms with Gasteiger partial charge in [0.2, 0.25) is 0 Å². The Kier molecular flexibility index (Phi) is 6.49. The van der Waals surface area contributed by atoms with Crippen molar-refractivity contribution < 1.29 is 14.3 Å². The number of rotatable bonds is 8. The van der Waals surface area contributed by atoms with E-state index >= 15 is 0 Å². The molecule has 0 aliphatic rings. The average molecular weight is 269 g/mol. The molecule has 0 fully saturated rings. The second kappa shape index (κ2) is 7.89. The van der Waals surface area contributed by atoms with Crippen molar-refractivity contribution >= 4 is 5.97 Å². The number of carbonyl (C=O) groups excluding carboxylic acids is 1. The van der Waals surface area contributed by atoms with Gasteiger partial charge in [-0.15, -0.1) is 5.10 Å². The molecule has 0 aromatic carbocycles. The van der Waals surface area contributed by atoms with Crippen molar-refractivity contribution in [2.24, 2.45) is 5.92 Å². The van der Waals surface area contributed by atoms with E-state index in [0.717, 1.165) is 25.1 Å². The minimum atomic E-state index is -0.444. The highest BCUT2D eigenvalue weighted by atomic mass is 16.5. The highest BCUT2D eigenvalue weighted by molar-refractivity contribution is 5.88. The normalized spacial score (nSPS) is 12.4. The molecule has 1 unspecified atom stereocenters. The number of hydrogen-bond acceptors (Lipinski definition) is 5. The molecule has 1 aromatic heterocycles. The third kappa shape index (κ3) is 4.31. The van der Waals surface area contributed by atoms with Crippen LogP contribution in [0, 0.1) is 5.92 Å². The average Bonchev–Trinajstić information content (AvgIpc) is 2.78. The van der Waals surface area contributed by atoms with Gasteiger partial charge in [-0.1, -0.05) is 25.5 Å². The van der Waals surface area contributed by atoms with Gasteiger partial charge in [0.05, 0.1) is 19.4 Å². The smallest absolute Gasteiger partial charge is 0.360 e. The van der Waals surface area contributed by atoms with Crippen molar-refractivity contribution in [1.82, 2.24) is 15.0 Å². The van der Waals surface area contributed by atoms with Crippen LogP contribution >= 0.6 is 0 Å². The van der Waals surface area contributed by atoms with E-state index in [0.29, 0.717) is 24.6 Å². The second-order valence-corrected chi connectivity index (χ2v) is 4.70. The summed E-state index contributed by atoms with van der Waals surface area (Å²) in [5.74, 6) is 0.0546. The summed E-state index contributed by atoms with van der Waals surface area (Å²) in [6.07, 6.45) is 2.86. The lowest BCUT2D eigenvalue weighted by Crippen LogP contribution is -2.15. The maximum absolute atomic E-state index is 11.6. The van der Waals surface area contributed by atoms with Crippen molar-refractivity contribution in [2.75, 3.05) is 20.8 Å². The van der Waals surface area contributed by atoms with Crippen LogP contribution in [-0.2, 0) is 22.4 Å². The van der Waals surface area contributed by atoms with Gasteiger partial charge >= 0.3 is 5.97 Å². The highest BCUT2D eigenvalue weighted by Crippen LogP contribution is 2.13. The summed E-state index contributed by atoms with van der Waals surface area (Å²) in [7, 11) is 2.98. The molecule has 0 radical (unpaired) electrons. The first kappa shape index (κ1) is 15.6. The van der Waals surface area contributed by atoms with Crippen LogP contribution in [0.25, 0.3) is 0 Å². The summed E-state index contributed by atoms with van der Waals surface area (Å²) in [4.78, 5) is 11.6. The molecule has 108 valence electrons. The Hall–Kier alpha value is -1.43. The quantitative estimate of drug-likeness (QED) is 0.672. The number of aromatic nitrogens is 3. The summed E-state index contributed by atoms with van der Waals surface area (Å²) < 4.78 is 11.6. The maximum atomic E-state index is 11.6. The van der Waals surface area contributed by atoms with E-state index < -0.39 is 5.97 Å². The van der Waals surface area contributed by atoms with E-state index in [9.17, 15) is 4.79 Å². The highest BCUT2D eigenvalue weighted by Gasteiger charge is 2.20. The first-order valence-corrected chi connectivity index (χ1v) is 6.63. The van der Waals surface area contributed by atoms with Crippen LogP contribution in [0.5, 0.6) is 0 Å². The fraction of sp³-hybridized carbons (Fsp3) is 0.769. The van der Waals surface area contributed by atoms with Gasteiger partial charge in [0, 0.05) is 20.1 Å². The first-order chi connectivity index (χ1) is 9.13. The van der Waals surface area contributed by atoms with E-state index in [-0.39, 0.29) is 0 Å². The van der Waals surface area contributed by atoms with Crippen LogP contribution in [0.15, 0.2) is 0 Å². The van der Waals surface area contributed by atoms with Gasteiger partial charge in [-0.2, -0.15) is 0 Å². The molecule has 0 aliphatic carbocycles. The number of carbonyl (C=O) groups is 1. The van der Waals surface area contributed by atoms with E-state index in [1.165, 1.54) is 7.11 Å². The topological polar surface area (TPSA) is 66.2 Å². The zero-order valence-corrected chi connectivity index (χ0v) is 12.2. The molecule has 6 nitrogen and oxygen atoms in total. The van der Waals surface area contributed by atoms with Crippen molar-refractivity contribution in [3.05, 3.63) is 11.4 Å². The molecule has 0 bridgehead atoms. The van der Waals surface area contributed by atoms with Gasteiger partial charge < -0.3 is 9.47 Å². The molecular weight excluding hydrogens is 246 g/mol. The van der Waals surface area contributed by atoms with Crippen molar-refractivity contribution in [3.8, 4) is 0 Å². The third-order valence-corrected chi connectivity index (χ3v) is 3.03. The number of esters is 1. The van der Waals surface area contributed by atoms with Crippen molar-refractivity contribution in [1.29, 1.82) is 0 Å². The Morgan fingerprint density at radius 3 is 2.74 bits per heavy atom. The van der Waals surface area contributed by atoms with Crippen LogP contribution in [-0.4, -0.2) is 41.8 Å². The molecule has 6 heteroatoms. The van der Waals surface area contributed by atoms with Gasteiger partial charge in [0.15, 0.2) is 5.69 Å². The standard InChI is InChI=1S/C13H23N3O3/c1-5-6-10(2)9-16-11(7-8-18-3)12(14-15-16)13(17)19-4/h10H,5-9H2,1-4H3. The molecule has 1 aromatic rings. The lowest BCUT2D eigenvalue weighted by atomic mass is 10.1. The van der Waals surface area contributed by atoms with Gasteiger partial charge in [-0.05, 0) is 12.3 Å². The van der Waals surface area contributed by atoms with Crippen molar-refractivity contribution in [3.63, 3.8) is 0 Å². The summed E-state index contributed by atoms with van der Waals surface area (Å²) in [6.45, 7) is 5.61. The Bertz CT molecular complexity index is 404. The fourth-order valence-electron chi connectivity index (χ4n) is 2.06. The van der Waals surface area contributed by atoms with Gasteiger partial charge in [-0.3, -0.25) is 0 Å². The molecule has 0 N–H and O–H groups in total. The minimum absolute atomic E-state index is 0.295. The molecule has 0 saturated carbocycles. The van der Waals surface area contributed by atoms with E-state index in [1.54, 1.807) is 11.8 Å². The van der Waals surface area contributed by atoms with Gasteiger partial charge in [0.25, 0.3) is 0 Å². The van der Waals surface area contributed by atoms with Gasteiger partial charge in [-0.25, -0.2) is 9.48 Å². The molecule has 1 heterocycles. The zero-order valence-electron chi connectivity index (χ0n) is 12.2. The molecule has 1 rings (SSSR count). The molecular formula is C13H23N3O3. The fourth-order valence-corrected chi connectivity index (χ4v) is 2.06. The molecule has 1 atom stereocenters. The molecule has 0 amide bonds. The predicted molar refractivity (Wildman–Crippen MR) is 71.0 cm³/mol. The minimum Gasteiger partial charge on any atom is -0.464 e. The maximum Gasteiger partial charge on any atom is 0.360 e. The number of methoxy groups -OCH3 is 2. The van der Waals surface area contributed by atoms with Crippen LogP contribution in [0.4, 0.5) is 0 Å². The molecule has 0 saturated heterocycles. The predicted octanol–water partition coefficient (Wildman–Crippen LogP) is 1.69. The lowest BCUT2D eigenvalue weighted by Gasteiger charge is -2.12. The SMILES string of the molecule is CCCC(C)Cn1nnc(C(=O)OC)c1CCOC. The number of ether oxygens (including phenoxy) is 2. The number of nitrogens with zero attached hydrogens (tertiary/aromatic N) is 3. The Labute approximate surface area is 114 Å². The van der Waals surface area contributed by atoms with Crippen LogP contribution in [0.3, 0.4) is 0 Å². The van der Waals surface area contributed by atoms with E-state index in [2.05, 4.69) is 24.2 Å². The summed E-state index contributed by atoms with van der Waals surface area (Å²) >= 11 is 0. The summed E-state index contributed by atoms with van der Waals surface area (Å²) in [5.41, 5.74) is 1.08. The Morgan fingerprint density at radius 2 is 2.16 bits per heavy atom. The Morgan fingerprint density at radius 1 is 1.42 bits per heavy atom.